The summed E-state index contributed by atoms with van der Waals surface area (Å²) in [7, 11) is 0. The molecule has 0 aromatic heterocycles. The summed E-state index contributed by atoms with van der Waals surface area (Å²) in [6.45, 7) is 3.92. The molecule has 132 valence electrons. The first-order valence-electron chi connectivity index (χ1n) is 8.87. The summed E-state index contributed by atoms with van der Waals surface area (Å²) in [6, 6.07) is 30.5. The lowest BCUT2D eigenvalue weighted by Gasteiger charge is -2.36. The van der Waals surface area contributed by atoms with E-state index in [1.165, 1.54) is 0 Å². The summed E-state index contributed by atoms with van der Waals surface area (Å²) in [6.07, 6.45) is 1.61. The van der Waals surface area contributed by atoms with Gasteiger partial charge in [0.2, 0.25) is 0 Å². The van der Waals surface area contributed by atoms with E-state index >= 15 is 0 Å². The van der Waals surface area contributed by atoms with Crippen LogP contribution in [0, 0.1) is 0 Å². The Labute approximate surface area is 155 Å². The van der Waals surface area contributed by atoms with Crippen molar-refractivity contribution in [3.05, 3.63) is 120 Å². The molecule has 0 unspecified atom stereocenters. The first-order chi connectivity index (χ1) is 12.8. The number of rotatable bonds is 8. The fourth-order valence-corrected chi connectivity index (χ4v) is 3.25. The van der Waals surface area contributed by atoms with Crippen molar-refractivity contribution in [2.24, 2.45) is 0 Å². The lowest BCUT2D eigenvalue weighted by Crippen LogP contribution is -2.35. The number of aliphatic hydroxyl groups excluding tert-OH is 1. The van der Waals surface area contributed by atoms with Gasteiger partial charge in [-0.15, -0.1) is 6.58 Å². The average molecular weight is 344 g/mol. The second kappa shape index (κ2) is 8.61. The topological polar surface area (TPSA) is 29.5 Å². The molecule has 0 bridgehead atoms. The van der Waals surface area contributed by atoms with Crippen LogP contribution in [0.15, 0.2) is 104 Å². The number of ether oxygens (including phenoxy) is 1. The molecule has 1 N–H and O–H groups in total. The van der Waals surface area contributed by atoms with Crippen LogP contribution in [-0.4, -0.2) is 17.8 Å². The number of benzene rings is 3. The molecule has 0 amide bonds. The fraction of sp³-hybridized carbons (Fsp3) is 0.167. The Balaban J connectivity index is 2.16. The van der Waals surface area contributed by atoms with Crippen LogP contribution < -0.4 is 0 Å². The van der Waals surface area contributed by atoms with Gasteiger partial charge in [0.15, 0.2) is 0 Å². The molecule has 0 aliphatic heterocycles. The maximum atomic E-state index is 10.3. The smallest absolute Gasteiger partial charge is 0.143 e. The van der Waals surface area contributed by atoms with E-state index in [0.717, 1.165) is 16.7 Å². The predicted octanol–water partition coefficient (Wildman–Crippen LogP) is 4.93. The molecule has 2 heteroatoms. The molecule has 0 heterocycles. The standard InChI is InChI=1S/C24H24O2/c1-2-12-23(25)19-26-24(20-13-6-3-7-14-20,21-15-8-4-9-16-21)22-17-10-5-11-18-22/h2-11,13-18,23,25H,1,12,19H2/t23-/m1/s1. The Morgan fingerprint density at radius 1 is 0.769 bits per heavy atom. The Kier molecular flexibility index (Phi) is 6.00. The lowest BCUT2D eigenvalue weighted by molar-refractivity contribution is -0.0368. The van der Waals surface area contributed by atoms with Gasteiger partial charge in [-0.05, 0) is 23.1 Å². The summed E-state index contributed by atoms with van der Waals surface area (Å²) in [4.78, 5) is 0. The Hall–Kier alpha value is -2.68. The van der Waals surface area contributed by atoms with Crippen molar-refractivity contribution in [3.8, 4) is 0 Å². The molecule has 26 heavy (non-hydrogen) atoms. The van der Waals surface area contributed by atoms with E-state index in [4.69, 9.17) is 4.74 Å². The zero-order valence-electron chi connectivity index (χ0n) is 14.8. The van der Waals surface area contributed by atoms with Crippen molar-refractivity contribution in [1.29, 1.82) is 0 Å². The summed E-state index contributed by atoms with van der Waals surface area (Å²) in [5, 5.41) is 10.3. The SMILES string of the molecule is C=CC[C@@H](O)COC(c1ccccc1)(c1ccccc1)c1ccccc1. The zero-order chi connectivity index (χ0) is 18.2. The highest BCUT2D eigenvalue weighted by Crippen LogP contribution is 2.40. The van der Waals surface area contributed by atoms with E-state index in [1.807, 2.05) is 54.6 Å². The molecule has 3 aromatic rings. The largest absolute Gasteiger partial charge is 0.390 e. The second-order valence-electron chi connectivity index (χ2n) is 6.27. The first kappa shape index (κ1) is 18.1. The van der Waals surface area contributed by atoms with Gasteiger partial charge in [-0.25, -0.2) is 0 Å². The van der Waals surface area contributed by atoms with Crippen LogP contribution in [-0.2, 0) is 10.3 Å². The third kappa shape index (κ3) is 3.77. The minimum Gasteiger partial charge on any atom is -0.390 e. The molecule has 0 radical (unpaired) electrons. The molecular formula is C24H24O2. The number of hydrogen-bond acceptors (Lipinski definition) is 2. The van der Waals surface area contributed by atoms with Crippen LogP contribution in [0.4, 0.5) is 0 Å². The number of aliphatic hydroxyl groups is 1. The van der Waals surface area contributed by atoms with E-state index < -0.39 is 11.7 Å². The van der Waals surface area contributed by atoms with Gasteiger partial charge in [0.05, 0.1) is 12.7 Å². The molecular weight excluding hydrogens is 320 g/mol. The second-order valence-corrected chi connectivity index (χ2v) is 6.27. The van der Waals surface area contributed by atoms with Crippen LogP contribution in [0.1, 0.15) is 23.1 Å². The normalized spacial score (nSPS) is 12.5. The molecule has 3 rings (SSSR count). The van der Waals surface area contributed by atoms with Crippen LogP contribution in [0.2, 0.25) is 0 Å². The summed E-state index contributed by atoms with van der Waals surface area (Å²) < 4.78 is 6.50. The van der Waals surface area contributed by atoms with Gasteiger partial charge >= 0.3 is 0 Å². The van der Waals surface area contributed by atoms with Gasteiger partial charge in [0, 0.05) is 0 Å². The molecule has 0 fully saturated rings. The average Bonchev–Trinajstić information content (AvgIpc) is 2.71. The van der Waals surface area contributed by atoms with Gasteiger partial charge < -0.3 is 9.84 Å². The molecule has 1 atom stereocenters. The molecule has 0 aliphatic carbocycles. The molecule has 2 nitrogen and oxygen atoms in total. The summed E-state index contributed by atoms with van der Waals surface area (Å²) in [5.74, 6) is 0. The third-order valence-electron chi connectivity index (χ3n) is 4.47. The van der Waals surface area contributed by atoms with Crippen molar-refractivity contribution in [3.63, 3.8) is 0 Å². The van der Waals surface area contributed by atoms with Crippen molar-refractivity contribution >= 4 is 0 Å². The maximum absolute atomic E-state index is 10.3. The van der Waals surface area contributed by atoms with E-state index in [-0.39, 0.29) is 6.61 Å². The molecule has 0 spiro atoms. The fourth-order valence-electron chi connectivity index (χ4n) is 3.25. The van der Waals surface area contributed by atoms with Gasteiger partial charge in [0.25, 0.3) is 0 Å². The summed E-state index contributed by atoms with van der Waals surface area (Å²) in [5.41, 5.74) is 2.31. The van der Waals surface area contributed by atoms with Crippen LogP contribution in [0.3, 0.4) is 0 Å². The minimum atomic E-state index is -0.786. The van der Waals surface area contributed by atoms with Gasteiger partial charge in [-0.3, -0.25) is 0 Å². The van der Waals surface area contributed by atoms with Gasteiger partial charge in [-0.2, -0.15) is 0 Å². The van der Waals surface area contributed by atoms with Gasteiger partial charge in [0.1, 0.15) is 5.60 Å². The van der Waals surface area contributed by atoms with E-state index in [1.54, 1.807) is 6.08 Å². The predicted molar refractivity (Wildman–Crippen MR) is 106 cm³/mol. The van der Waals surface area contributed by atoms with Crippen LogP contribution >= 0.6 is 0 Å². The van der Waals surface area contributed by atoms with E-state index in [2.05, 4.69) is 43.0 Å². The van der Waals surface area contributed by atoms with Crippen LogP contribution in [0.25, 0.3) is 0 Å². The van der Waals surface area contributed by atoms with Gasteiger partial charge in [-0.1, -0.05) is 97.1 Å². The zero-order valence-corrected chi connectivity index (χ0v) is 14.8. The maximum Gasteiger partial charge on any atom is 0.143 e. The quantitative estimate of drug-likeness (QED) is 0.464. The highest BCUT2D eigenvalue weighted by Gasteiger charge is 2.37. The summed E-state index contributed by atoms with van der Waals surface area (Å²) >= 11 is 0. The minimum absolute atomic E-state index is 0.213. The van der Waals surface area contributed by atoms with Crippen molar-refractivity contribution in [2.45, 2.75) is 18.1 Å². The lowest BCUT2D eigenvalue weighted by atomic mass is 9.80. The highest BCUT2D eigenvalue weighted by atomic mass is 16.5. The van der Waals surface area contributed by atoms with E-state index in [0.29, 0.717) is 6.42 Å². The Morgan fingerprint density at radius 3 is 1.50 bits per heavy atom. The van der Waals surface area contributed by atoms with Crippen molar-refractivity contribution < 1.29 is 9.84 Å². The molecule has 0 aliphatic rings. The number of hydrogen-bond donors (Lipinski definition) is 1. The van der Waals surface area contributed by atoms with Crippen molar-refractivity contribution in [2.75, 3.05) is 6.61 Å². The molecule has 0 saturated heterocycles. The van der Waals surface area contributed by atoms with Crippen molar-refractivity contribution in [1.82, 2.24) is 0 Å². The monoisotopic (exact) mass is 344 g/mol. The highest BCUT2D eigenvalue weighted by molar-refractivity contribution is 5.47. The van der Waals surface area contributed by atoms with E-state index in [9.17, 15) is 5.11 Å². The Bertz CT molecular complexity index is 701. The molecule has 0 saturated carbocycles. The van der Waals surface area contributed by atoms with Crippen LogP contribution in [0.5, 0.6) is 0 Å². The first-order valence-corrected chi connectivity index (χ1v) is 8.87. The third-order valence-corrected chi connectivity index (χ3v) is 4.47. The molecule has 3 aromatic carbocycles. The Morgan fingerprint density at radius 2 is 1.15 bits per heavy atom.